The minimum atomic E-state index is -2.93. The number of hydrogen-bond donors (Lipinski definition) is 2. The lowest BCUT2D eigenvalue weighted by atomic mass is 9.82. The summed E-state index contributed by atoms with van der Waals surface area (Å²) in [5.41, 5.74) is 3.01. The zero-order chi connectivity index (χ0) is 14.8. The molecule has 0 spiro atoms. The van der Waals surface area contributed by atoms with Crippen LogP contribution < -0.4 is 11.3 Å². The van der Waals surface area contributed by atoms with E-state index in [4.69, 9.17) is 5.84 Å². The van der Waals surface area contributed by atoms with Crippen LogP contribution in [0.25, 0.3) is 0 Å². The van der Waals surface area contributed by atoms with E-state index in [-0.39, 0.29) is 11.3 Å². The molecule has 1 aliphatic heterocycles. The Morgan fingerprint density at radius 2 is 1.95 bits per heavy atom. The topological polar surface area (TPSA) is 72.2 Å². The van der Waals surface area contributed by atoms with Crippen molar-refractivity contribution >= 4 is 33.4 Å². The zero-order valence-electron chi connectivity index (χ0n) is 12.2. The van der Waals surface area contributed by atoms with E-state index >= 15 is 0 Å². The summed E-state index contributed by atoms with van der Waals surface area (Å²) in [4.78, 5) is 0. The maximum atomic E-state index is 11.8. The van der Waals surface area contributed by atoms with Crippen molar-refractivity contribution in [3.8, 4) is 0 Å². The molecule has 7 heteroatoms. The van der Waals surface area contributed by atoms with Crippen LogP contribution in [0.4, 0.5) is 0 Å². The SMILES string of the molecule is CC1SCCSC1C(NN)C1CCCC(S(C)(=O)=O)C1. The second kappa shape index (κ2) is 7.22. The lowest BCUT2D eigenvalue weighted by molar-refractivity contribution is 0.265. The number of rotatable bonds is 4. The van der Waals surface area contributed by atoms with Crippen molar-refractivity contribution in [2.75, 3.05) is 17.8 Å². The third kappa shape index (κ3) is 4.06. The molecule has 0 bridgehead atoms. The number of sulfone groups is 1. The molecule has 0 aromatic rings. The third-order valence-corrected chi connectivity index (χ3v) is 9.42. The summed E-state index contributed by atoms with van der Waals surface area (Å²) in [6.45, 7) is 2.27. The zero-order valence-corrected chi connectivity index (χ0v) is 14.7. The van der Waals surface area contributed by atoms with Crippen molar-refractivity contribution in [2.24, 2.45) is 11.8 Å². The molecule has 0 amide bonds. The Bertz CT molecular complexity index is 416. The summed E-state index contributed by atoms with van der Waals surface area (Å²) in [7, 11) is -2.93. The number of hydrazine groups is 1. The lowest BCUT2D eigenvalue weighted by Gasteiger charge is -2.41. The van der Waals surface area contributed by atoms with Gasteiger partial charge in [-0.25, -0.2) is 8.42 Å². The molecule has 1 saturated heterocycles. The van der Waals surface area contributed by atoms with E-state index in [9.17, 15) is 8.42 Å². The Labute approximate surface area is 131 Å². The highest BCUT2D eigenvalue weighted by molar-refractivity contribution is 8.07. The second-order valence-electron chi connectivity index (χ2n) is 5.98. The van der Waals surface area contributed by atoms with Crippen molar-refractivity contribution < 1.29 is 8.42 Å². The van der Waals surface area contributed by atoms with Gasteiger partial charge in [-0.15, -0.1) is 0 Å². The average Bonchev–Trinajstić information content (AvgIpc) is 2.41. The normalized spacial score (nSPS) is 37.5. The molecule has 5 unspecified atom stereocenters. The molecule has 0 radical (unpaired) electrons. The number of nitrogens with one attached hydrogen (secondary N) is 1. The molecule has 2 aliphatic rings. The molecule has 2 fully saturated rings. The first-order valence-corrected chi connectivity index (χ1v) is 11.4. The first kappa shape index (κ1) is 16.9. The summed E-state index contributed by atoms with van der Waals surface area (Å²) in [5, 5.41) is 0.893. The van der Waals surface area contributed by atoms with Crippen LogP contribution in [-0.4, -0.2) is 48.0 Å². The van der Waals surface area contributed by atoms with Crippen LogP contribution in [0.3, 0.4) is 0 Å². The average molecular weight is 339 g/mol. The van der Waals surface area contributed by atoms with Gasteiger partial charge in [0.1, 0.15) is 9.84 Å². The Morgan fingerprint density at radius 3 is 2.55 bits per heavy atom. The minimum Gasteiger partial charge on any atom is -0.271 e. The monoisotopic (exact) mass is 338 g/mol. The predicted molar refractivity (Wildman–Crippen MR) is 89.9 cm³/mol. The summed E-state index contributed by atoms with van der Waals surface area (Å²) in [6.07, 6.45) is 5.05. The van der Waals surface area contributed by atoms with Crippen molar-refractivity contribution in [1.82, 2.24) is 5.43 Å². The van der Waals surface area contributed by atoms with Gasteiger partial charge in [0, 0.05) is 34.3 Å². The Balaban J connectivity index is 2.06. The van der Waals surface area contributed by atoms with Gasteiger partial charge in [-0.2, -0.15) is 23.5 Å². The molecule has 2 rings (SSSR count). The molecule has 1 aliphatic carbocycles. The first-order chi connectivity index (χ1) is 9.43. The summed E-state index contributed by atoms with van der Waals surface area (Å²) >= 11 is 4.00. The van der Waals surface area contributed by atoms with Crippen LogP contribution in [0.15, 0.2) is 0 Å². The standard InChI is InChI=1S/C13H26N2O2S3/c1-9-13(19-7-6-18-9)12(15-14)10-4-3-5-11(8-10)20(2,16)17/h9-13,15H,3-8,14H2,1-2H3. The van der Waals surface area contributed by atoms with E-state index < -0.39 is 9.84 Å². The highest BCUT2D eigenvalue weighted by Gasteiger charge is 2.39. The number of thioether (sulfide) groups is 2. The largest absolute Gasteiger partial charge is 0.271 e. The molecule has 20 heavy (non-hydrogen) atoms. The van der Waals surface area contributed by atoms with Gasteiger partial charge >= 0.3 is 0 Å². The van der Waals surface area contributed by atoms with Crippen LogP contribution in [0, 0.1) is 5.92 Å². The smallest absolute Gasteiger partial charge is 0.150 e. The molecule has 5 atom stereocenters. The summed E-state index contributed by atoms with van der Waals surface area (Å²) in [6, 6.07) is 0.229. The van der Waals surface area contributed by atoms with E-state index in [0.717, 1.165) is 25.7 Å². The molecule has 1 heterocycles. The first-order valence-electron chi connectivity index (χ1n) is 7.31. The van der Waals surface area contributed by atoms with Crippen LogP contribution in [-0.2, 0) is 9.84 Å². The van der Waals surface area contributed by atoms with E-state index in [1.807, 2.05) is 23.5 Å². The van der Waals surface area contributed by atoms with Gasteiger partial charge in [0.25, 0.3) is 0 Å². The molecule has 4 nitrogen and oxygen atoms in total. The fourth-order valence-electron chi connectivity index (χ4n) is 3.44. The van der Waals surface area contributed by atoms with Gasteiger partial charge in [-0.3, -0.25) is 11.3 Å². The second-order valence-corrected chi connectivity index (χ2v) is 11.1. The van der Waals surface area contributed by atoms with Crippen LogP contribution in [0.2, 0.25) is 0 Å². The van der Waals surface area contributed by atoms with Gasteiger partial charge in [0.15, 0.2) is 0 Å². The molecule has 1 saturated carbocycles. The summed E-state index contributed by atoms with van der Waals surface area (Å²) in [5.74, 6) is 8.58. The molecule has 118 valence electrons. The number of nitrogens with two attached hydrogens (primary N) is 1. The fourth-order valence-corrected chi connectivity index (χ4v) is 7.65. The summed E-state index contributed by atoms with van der Waals surface area (Å²) < 4.78 is 23.6. The lowest BCUT2D eigenvalue weighted by Crippen LogP contribution is -2.53. The van der Waals surface area contributed by atoms with Crippen LogP contribution in [0.1, 0.15) is 32.6 Å². The highest BCUT2D eigenvalue weighted by Crippen LogP contribution is 2.39. The minimum absolute atomic E-state index is 0.173. The third-order valence-electron chi connectivity index (χ3n) is 4.56. The molecule has 0 aromatic heterocycles. The van der Waals surface area contributed by atoms with Crippen LogP contribution >= 0.6 is 23.5 Å². The van der Waals surface area contributed by atoms with Gasteiger partial charge in [0.05, 0.1) is 5.25 Å². The van der Waals surface area contributed by atoms with E-state index in [0.29, 0.717) is 16.4 Å². The molecule has 3 N–H and O–H groups in total. The maximum absolute atomic E-state index is 11.8. The van der Waals surface area contributed by atoms with Crippen molar-refractivity contribution in [2.45, 2.75) is 54.4 Å². The molecule has 0 aromatic carbocycles. The number of hydrogen-bond acceptors (Lipinski definition) is 6. The van der Waals surface area contributed by atoms with Crippen molar-refractivity contribution in [1.29, 1.82) is 0 Å². The van der Waals surface area contributed by atoms with E-state index in [2.05, 4.69) is 12.3 Å². The van der Waals surface area contributed by atoms with Crippen molar-refractivity contribution in [3.05, 3.63) is 0 Å². The van der Waals surface area contributed by atoms with E-state index in [1.165, 1.54) is 17.8 Å². The van der Waals surface area contributed by atoms with Gasteiger partial charge in [-0.1, -0.05) is 13.3 Å². The van der Waals surface area contributed by atoms with Gasteiger partial charge in [0.2, 0.25) is 0 Å². The Kier molecular flexibility index (Phi) is 6.11. The maximum Gasteiger partial charge on any atom is 0.150 e. The fraction of sp³-hybridized carbons (Fsp3) is 1.00. The van der Waals surface area contributed by atoms with Crippen LogP contribution in [0.5, 0.6) is 0 Å². The highest BCUT2D eigenvalue weighted by atomic mass is 32.2. The Morgan fingerprint density at radius 1 is 1.25 bits per heavy atom. The molecular formula is C13H26N2O2S3. The molecular weight excluding hydrogens is 312 g/mol. The predicted octanol–water partition coefficient (Wildman–Crippen LogP) is 1.66. The van der Waals surface area contributed by atoms with Gasteiger partial charge < -0.3 is 0 Å². The quantitative estimate of drug-likeness (QED) is 0.600. The van der Waals surface area contributed by atoms with E-state index in [1.54, 1.807) is 0 Å². The Hall–Kier alpha value is 0.570. The van der Waals surface area contributed by atoms with Crippen molar-refractivity contribution in [3.63, 3.8) is 0 Å². The van der Waals surface area contributed by atoms with Gasteiger partial charge in [-0.05, 0) is 25.2 Å².